The Labute approximate surface area is 127 Å². The van der Waals surface area contributed by atoms with Crippen molar-refractivity contribution >= 4 is 5.97 Å². The van der Waals surface area contributed by atoms with Gasteiger partial charge < -0.3 is 9.84 Å². The molecule has 4 saturated carbocycles. The minimum atomic E-state index is -0.425. The van der Waals surface area contributed by atoms with Gasteiger partial charge in [-0.2, -0.15) is 0 Å². The van der Waals surface area contributed by atoms with E-state index in [0.717, 1.165) is 31.1 Å². The molecule has 4 rings (SSSR count). The van der Waals surface area contributed by atoms with Crippen molar-refractivity contribution in [3.8, 4) is 0 Å². The minimum Gasteiger partial charge on any atom is -0.462 e. The van der Waals surface area contributed by atoms with E-state index >= 15 is 0 Å². The molecule has 1 N–H and O–H groups in total. The van der Waals surface area contributed by atoms with Gasteiger partial charge in [0.1, 0.15) is 0 Å². The number of hydrogen-bond donors (Lipinski definition) is 1. The number of carbonyl (C=O) groups excluding carboxylic acids is 1. The van der Waals surface area contributed by atoms with Crippen LogP contribution in [0.5, 0.6) is 0 Å². The third kappa shape index (κ3) is 2.90. The fourth-order valence-corrected chi connectivity index (χ4v) is 5.21. The smallest absolute Gasteiger partial charge is 0.333 e. The van der Waals surface area contributed by atoms with Crippen LogP contribution >= 0.6 is 0 Å². The van der Waals surface area contributed by atoms with E-state index in [9.17, 15) is 9.90 Å². The number of unbranched alkanes of at least 4 members (excludes halogenated alkanes) is 1. The maximum Gasteiger partial charge on any atom is 0.333 e. The highest BCUT2D eigenvalue weighted by Gasteiger charge is 2.55. The van der Waals surface area contributed by atoms with Gasteiger partial charge in [0, 0.05) is 5.57 Å². The van der Waals surface area contributed by atoms with Crippen LogP contribution in [0.2, 0.25) is 0 Å². The molecule has 21 heavy (non-hydrogen) atoms. The van der Waals surface area contributed by atoms with Gasteiger partial charge in [-0.3, -0.25) is 0 Å². The lowest BCUT2D eigenvalue weighted by Crippen LogP contribution is -2.57. The summed E-state index contributed by atoms with van der Waals surface area (Å²) in [6.07, 6.45) is 9.06. The van der Waals surface area contributed by atoms with Crippen molar-refractivity contribution in [1.29, 1.82) is 0 Å². The minimum absolute atomic E-state index is 0.302. The molecule has 0 radical (unpaired) electrons. The first-order valence-electron chi connectivity index (χ1n) is 8.54. The Morgan fingerprint density at radius 2 is 1.71 bits per heavy atom. The lowest BCUT2D eigenvalue weighted by Gasteiger charge is -2.59. The van der Waals surface area contributed by atoms with Crippen molar-refractivity contribution < 1.29 is 14.6 Å². The molecule has 0 aromatic carbocycles. The average molecular weight is 292 g/mol. The van der Waals surface area contributed by atoms with E-state index in [2.05, 4.69) is 6.58 Å². The molecule has 0 aromatic heterocycles. The first-order chi connectivity index (χ1) is 9.99. The molecule has 0 spiro atoms. The molecule has 0 saturated heterocycles. The van der Waals surface area contributed by atoms with E-state index in [1.807, 2.05) is 0 Å². The number of carbonyl (C=O) groups is 1. The number of ether oxygens (including phenoxy) is 1. The highest BCUT2D eigenvalue weighted by atomic mass is 16.5. The zero-order chi connectivity index (χ0) is 15.0. The third-order valence-electron chi connectivity index (χ3n) is 6.11. The van der Waals surface area contributed by atoms with Gasteiger partial charge in [0.2, 0.25) is 0 Å². The average Bonchev–Trinajstić information content (AvgIpc) is 2.43. The molecule has 0 atom stereocenters. The summed E-state index contributed by atoms with van der Waals surface area (Å²) < 4.78 is 5.12. The summed E-state index contributed by atoms with van der Waals surface area (Å²) in [5.41, 5.74) is 0.0286. The summed E-state index contributed by atoms with van der Waals surface area (Å²) in [6, 6.07) is 0. The molecular formula is C18H28O3. The molecule has 0 unspecified atom stereocenters. The summed E-state index contributed by atoms with van der Waals surface area (Å²) in [4.78, 5) is 11.3. The predicted octanol–water partition coefficient (Wildman–Crippen LogP) is 3.46. The van der Waals surface area contributed by atoms with Gasteiger partial charge in [0.25, 0.3) is 0 Å². The summed E-state index contributed by atoms with van der Waals surface area (Å²) in [7, 11) is 0. The van der Waals surface area contributed by atoms with Crippen molar-refractivity contribution in [2.24, 2.45) is 23.7 Å². The van der Waals surface area contributed by atoms with Gasteiger partial charge in [-0.1, -0.05) is 6.58 Å². The number of rotatable bonds is 6. The fourth-order valence-electron chi connectivity index (χ4n) is 5.21. The molecule has 4 aliphatic rings. The second-order valence-corrected chi connectivity index (χ2v) is 7.67. The van der Waals surface area contributed by atoms with Gasteiger partial charge >= 0.3 is 5.97 Å². The van der Waals surface area contributed by atoms with Crippen LogP contribution in [0.3, 0.4) is 0 Å². The number of aliphatic hydroxyl groups is 1. The van der Waals surface area contributed by atoms with E-state index in [4.69, 9.17) is 4.74 Å². The predicted molar refractivity (Wildman–Crippen MR) is 81.6 cm³/mol. The molecule has 4 aliphatic carbocycles. The van der Waals surface area contributed by atoms with Crippen LogP contribution in [0.4, 0.5) is 0 Å². The Bertz CT molecular complexity index is 398. The van der Waals surface area contributed by atoms with Crippen LogP contribution in [-0.4, -0.2) is 23.3 Å². The molecule has 4 bridgehead atoms. The highest BCUT2D eigenvalue weighted by Crippen LogP contribution is 2.59. The van der Waals surface area contributed by atoms with E-state index < -0.39 is 5.60 Å². The summed E-state index contributed by atoms with van der Waals surface area (Å²) in [5, 5.41) is 11.2. The van der Waals surface area contributed by atoms with Crippen molar-refractivity contribution in [1.82, 2.24) is 0 Å². The van der Waals surface area contributed by atoms with Gasteiger partial charge in [-0.05, 0) is 82.0 Å². The van der Waals surface area contributed by atoms with Crippen LogP contribution in [-0.2, 0) is 9.53 Å². The van der Waals surface area contributed by atoms with Crippen LogP contribution in [0, 0.1) is 23.7 Å². The lowest BCUT2D eigenvalue weighted by molar-refractivity contribution is -0.177. The largest absolute Gasteiger partial charge is 0.462 e. The number of esters is 1. The van der Waals surface area contributed by atoms with Crippen molar-refractivity contribution in [3.63, 3.8) is 0 Å². The molecule has 0 aromatic rings. The summed E-state index contributed by atoms with van der Waals surface area (Å²) in [5.74, 6) is 2.55. The summed E-state index contributed by atoms with van der Waals surface area (Å²) >= 11 is 0. The van der Waals surface area contributed by atoms with Crippen LogP contribution in [0.1, 0.15) is 58.3 Å². The highest BCUT2D eigenvalue weighted by molar-refractivity contribution is 5.86. The quantitative estimate of drug-likeness (QED) is 0.463. The Hall–Kier alpha value is -0.830. The first-order valence-corrected chi connectivity index (χ1v) is 8.54. The Kier molecular flexibility index (Phi) is 4.13. The van der Waals surface area contributed by atoms with Crippen molar-refractivity contribution in [2.45, 2.75) is 63.9 Å². The van der Waals surface area contributed by atoms with Gasteiger partial charge in [-0.25, -0.2) is 4.79 Å². The molecule has 4 fully saturated rings. The van der Waals surface area contributed by atoms with Crippen LogP contribution in [0.15, 0.2) is 12.2 Å². The van der Waals surface area contributed by atoms with Gasteiger partial charge in [-0.15, -0.1) is 0 Å². The van der Waals surface area contributed by atoms with E-state index in [1.54, 1.807) is 6.92 Å². The monoisotopic (exact) mass is 292 g/mol. The van der Waals surface area contributed by atoms with Crippen molar-refractivity contribution in [3.05, 3.63) is 12.2 Å². The Morgan fingerprint density at radius 3 is 2.24 bits per heavy atom. The van der Waals surface area contributed by atoms with Crippen LogP contribution < -0.4 is 0 Å². The van der Waals surface area contributed by atoms with Crippen molar-refractivity contribution in [2.75, 3.05) is 6.61 Å². The molecule has 0 heterocycles. The molecule has 0 aliphatic heterocycles. The standard InChI is InChI=1S/C18H28O3/c1-12(2)17(19)21-6-4-3-5-18(20)15-8-13-7-14(10-15)11-16(18)9-13/h13-16,20H,1,3-11H2,2H3. The maximum atomic E-state index is 11.3. The van der Waals surface area contributed by atoms with E-state index in [0.29, 0.717) is 24.0 Å². The van der Waals surface area contributed by atoms with Gasteiger partial charge in [0.15, 0.2) is 0 Å². The topological polar surface area (TPSA) is 46.5 Å². The molecular weight excluding hydrogens is 264 g/mol. The second-order valence-electron chi connectivity index (χ2n) is 7.67. The molecule has 0 amide bonds. The van der Waals surface area contributed by atoms with Crippen LogP contribution in [0.25, 0.3) is 0 Å². The summed E-state index contributed by atoms with van der Waals surface area (Å²) in [6.45, 7) is 5.69. The lowest BCUT2D eigenvalue weighted by atomic mass is 9.49. The Balaban J connectivity index is 1.45. The van der Waals surface area contributed by atoms with Gasteiger partial charge in [0.05, 0.1) is 12.2 Å². The third-order valence-corrected chi connectivity index (χ3v) is 6.11. The normalized spacial score (nSPS) is 40.3. The molecule has 3 heteroatoms. The van der Waals surface area contributed by atoms with E-state index in [-0.39, 0.29) is 5.97 Å². The number of hydrogen-bond acceptors (Lipinski definition) is 3. The first kappa shape index (κ1) is 15.1. The van der Waals surface area contributed by atoms with E-state index in [1.165, 1.54) is 32.1 Å². The zero-order valence-electron chi connectivity index (χ0n) is 13.1. The fraction of sp³-hybridized carbons (Fsp3) is 0.833. The SMILES string of the molecule is C=C(C)C(=O)OCCCCC1(O)C2CC3CC(C2)CC1C3. The Morgan fingerprint density at radius 1 is 1.14 bits per heavy atom. The maximum absolute atomic E-state index is 11.3. The second kappa shape index (κ2) is 5.75. The zero-order valence-corrected chi connectivity index (χ0v) is 13.1. The molecule has 118 valence electrons. The molecule has 3 nitrogen and oxygen atoms in total.